The van der Waals surface area contributed by atoms with Gasteiger partial charge in [-0.2, -0.15) is 11.8 Å². The van der Waals surface area contributed by atoms with Crippen LogP contribution in [0.1, 0.15) is 35.2 Å². The van der Waals surface area contributed by atoms with E-state index < -0.39 is 0 Å². The summed E-state index contributed by atoms with van der Waals surface area (Å²) in [6, 6.07) is 7.29. The number of nitrogens with one attached hydrogen (secondary N) is 1. The molecule has 1 saturated carbocycles. The van der Waals surface area contributed by atoms with E-state index in [2.05, 4.69) is 23.4 Å². The van der Waals surface area contributed by atoms with E-state index in [1.807, 2.05) is 23.9 Å². The average Bonchev–Trinajstić information content (AvgIpc) is 3.26. The zero-order valence-electron chi connectivity index (χ0n) is 11.6. The van der Waals surface area contributed by atoms with Crippen LogP contribution in [0.4, 0.5) is 0 Å². The van der Waals surface area contributed by atoms with Gasteiger partial charge in [0.15, 0.2) is 0 Å². The average molecular weight is 289 g/mol. The van der Waals surface area contributed by atoms with Gasteiger partial charge in [0.1, 0.15) is 0 Å². The number of hydrogen-bond acceptors (Lipinski definition) is 3. The molecule has 1 aliphatic carbocycles. The summed E-state index contributed by atoms with van der Waals surface area (Å²) in [7, 11) is 0. The highest BCUT2D eigenvalue weighted by molar-refractivity contribution is 8.00. The fraction of sp³-hybridized carbons (Fsp3) is 0.438. The molecule has 1 amide bonds. The third kappa shape index (κ3) is 4.03. The molecule has 4 heteroatoms. The first-order chi connectivity index (χ1) is 9.69. The van der Waals surface area contributed by atoms with Crippen molar-refractivity contribution in [2.75, 3.05) is 19.4 Å². The van der Waals surface area contributed by atoms with Crippen LogP contribution >= 0.6 is 11.8 Å². The number of rotatable bonds is 5. The molecule has 1 aliphatic rings. The molecule has 0 atom stereocenters. The van der Waals surface area contributed by atoms with Crippen molar-refractivity contribution >= 4 is 17.7 Å². The van der Waals surface area contributed by atoms with Crippen LogP contribution in [-0.2, 0) is 0 Å². The lowest BCUT2D eigenvalue weighted by molar-refractivity contribution is 0.0953. The Bertz CT molecular complexity index is 541. The van der Waals surface area contributed by atoms with Gasteiger partial charge in [-0.15, -0.1) is 0 Å². The van der Waals surface area contributed by atoms with Crippen molar-refractivity contribution in [3.05, 3.63) is 35.4 Å². The van der Waals surface area contributed by atoms with Crippen LogP contribution in [-0.4, -0.2) is 35.2 Å². The number of amides is 1. The van der Waals surface area contributed by atoms with Crippen LogP contribution in [0.5, 0.6) is 0 Å². The largest absolute Gasteiger partial charge is 0.395 e. The van der Waals surface area contributed by atoms with Gasteiger partial charge in [0.05, 0.1) is 6.61 Å². The smallest absolute Gasteiger partial charge is 0.251 e. The third-order valence-electron chi connectivity index (χ3n) is 3.41. The molecular formula is C16H19NO2S. The molecule has 20 heavy (non-hydrogen) atoms. The highest BCUT2D eigenvalue weighted by Gasteiger charge is 2.41. The van der Waals surface area contributed by atoms with Crippen LogP contribution < -0.4 is 5.32 Å². The van der Waals surface area contributed by atoms with Crippen LogP contribution in [0.2, 0.25) is 0 Å². The fourth-order valence-electron chi connectivity index (χ4n) is 1.89. The van der Waals surface area contributed by atoms with E-state index in [1.165, 1.54) is 12.8 Å². The molecule has 1 aromatic rings. The summed E-state index contributed by atoms with van der Waals surface area (Å²) in [5.74, 6) is 5.76. The molecule has 0 aromatic heterocycles. The Morgan fingerprint density at radius 2 is 2.30 bits per heavy atom. The zero-order chi connectivity index (χ0) is 14.4. The molecule has 0 bridgehead atoms. The maximum Gasteiger partial charge on any atom is 0.251 e. The summed E-state index contributed by atoms with van der Waals surface area (Å²) in [6.45, 7) is 0.789. The molecule has 2 rings (SSSR count). The fourth-order valence-corrected chi connectivity index (χ4v) is 2.62. The minimum Gasteiger partial charge on any atom is -0.395 e. The summed E-state index contributed by atoms with van der Waals surface area (Å²) in [5, 5.41) is 11.7. The molecular weight excluding hydrogens is 270 g/mol. The number of carbonyl (C=O) groups is 1. The van der Waals surface area contributed by atoms with Gasteiger partial charge < -0.3 is 10.4 Å². The van der Waals surface area contributed by atoms with Crippen molar-refractivity contribution in [3.8, 4) is 11.8 Å². The van der Waals surface area contributed by atoms with Crippen LogP contribution in [0.25, 0.3) is 0 Å². The van der Waals surface area contributed by atoms with Gasteiger partial charge in [0.2, 0.25) is 0 Å². The van der Waals surface area contributed by atoms with E-state index >= 15 is 0 Å². The Kier molecular flexibility index (Phi) is 5.11. The molecule has 0 spiro atoms. The normalized spacial score (nSPS) is 15.1. The van der Waals surface area contributed by atoms with Crippen LogP contribution in [0.15, 0.2) is 24.3 Å². The molecule has 3 nitrogen and oxygen atoms in total. The summed E-state index contributed by atoms with van der Waals surface area (Å²) in [5.41, 5.74) is 1.44. The molecule has 0 saturated heterocycles. The van der Waals surface area contributed by atoms with Crippen molar-refractivity contribution < 1.29 is 9.90 Å². The standard InChI is InChI=1S/C16H19NO2S/c1-20-16(8-9-16)12-17-15(19)14-7-4-6-13(11-14)5-2-3-10-18/h4,6-7,11,18H,3,8-10,12H2,1H3,(H,17,19). The van der Waals surface area contributed by atoms with Crippen molar-refractivity contribution in [2.24, 2.45) is 0 Å². The number of aliphatic hydroxyl groups excluding tert-OH is 1. The zero-order valence-corrected chi connectivity index (χ0v) is 12.4. The van der Waals surface area contributed by atoms with Gasteiger partial charge in [-0.1, -0.05) is 17.9 Å². The molecule has 0 aliphatic heterocycles. The van der Waals surface area contributed by atoms with E-state index in [0.717, 1.165) is 12.1 Å². The first-order valence-corrected chi connectivity index (χ1v) is 7.95. The maximum absolute atomic E-state index is 12.1. The maximum atomic E-state index is 12.1. The molecule has 0 radical (unpaired) electrons. The Hall–Kier alpha value is -1.44. The Balaban J connectivity index is 1.96. The lowest BCUT2D eigenvalue weighted by atomic mass is 10.1. The topological polar surface area (TPSA) is 49.3 Å². The van der Waals surface area contributed by atoms with Crippen LogP contribution in [0, 0.1) is 11.8 Å². The monoisotopic (exact) mass is 289 g/mol. The number of thioether (sulfide) groups is 1. The Morgan fingerprint density at radius 1 is 1.50 bits per heavy atom. The first kappa shape index (κ1) is 15.0. The van der Waals surface area contributed by atoms with E-state index in [1.54, 1.807) is 12.1 Å². The summed E-state index contributed by atoms with van der Waals surface area (Å²) < 4.78 is 0.272. The van der Waals surface area contributed by atoms with E-state index in [4.69, 9.17) is 5.11 Å². The third-order valence-corrected chi connectivity index (χ3v) is 4.82. The number of hydrogen-bond donors (Lipinski definition) is 2. The van der Waals surface area contributed by atoms with Gasteiger partial charge in [0.25, 0.3) is 5.91 Å². The Labute approximate surface area is 124 Å². The summed E-state index contributed by atoms with van der Waals surface area (Å²) >= 11 is 1.83. The highest BCUT2D eigenvalue weighted by Crippen LogP contribution is 2.46. The van der Waals surface area contributed by atoms with Crippen LogP contribution in [0.3, 0.4) is 0 Å². The number of aliphatic hydroxyl groups is 1. The SMILES string of the molecule is CSC1(CNC(=O)c2cccc(C#CCCO)c2)CC1. The van der Waals surface area contributed by atoms with Gasteiger partial charge in [-0.3, -0.25) is 4.79 Å². The van der Waals surface area contributed by atoms with E-state index in [0.29, 0.717) is 12.0 Å². The van der Waals surface area contributed by atoms with E-state index in [9.17, 15) is 4.79 Å². The first-order valence-electron chi connectivity index (χ1n) is 6.72. The second-order valence-electron chi connectivity index (χ2n) is 4.93. The molecule has 1 aromatic carbocycles. The predicted molar refractivity (Wildman–Crippen MR) is 82.8 cm³/mol. The molecule has 0 heterocycles. The second-order valence-corrected chi connectivity index (χ2v) is 6.20. The predicted octanol–water partition coefficient (Wildman–Crippen LogP) is 2.05. The number of carbonyl (C=O) groups excluding carboxylic acids is 1. The summed E-state index contributed by atoms with van der Waals surface area (Å²) in [4.78, 5) is 12.1. The van der Waals surface area contributed by atoms with Crippen molar-refractivity contribution in [1.29, 1.82) is 0 Å². The minimum atomic E-state index is -0.0452. The molecule has 2 N–H and O–H groups in total. The molecule has 0 unspecified atom stereocenters. The van der Waals surface area contributed by atoms with Gasteiger partial charge >= 0.3 is 0 Å². The quantitative estimate of drug-likeness (QED) is 0.816. The summed E-state index contributed by atoms with van der Waals surface area (Å²) in [6.07, 6.45) is 4.91. The van der Waals surface area contributed by atoms with Gasteiger partial charge in [0, 0.05) is 28.8 Å². The van der Waals surface area contributed by atoms with E-state index in [-0.39, 0.29) is 17.3 Å². The molecule has 106 valence electrons. The van der Waals surface area contributed by atoms with Crippen molar-refractivity contribution in [3.63, 3.8) is 0 Å². The number of benzene rings is 1. The highest BCUT2D eigenvalue weighted by atomic mass is 32.2. The Morgan fingerprint density at radius 3 is 2.95 bits per heavy atom. The minimum absolute atomic E-state index is 0.0452. The lowest BCUT2D eigenvalue weighted by Crippen LogP contribution is -2.31. The van der Waals surface area contributed by atoms with Crippen molar-refractivity contribution in [2.45, 2.75) is 24.0 Å². The van der Waals surface area contributed by atoms with Gasteiger partial charge in [-0.05, 0) is 37.3 Å². The molecule has 1 fully saturated rings. The van der Waals surface area contributed by atoms with Gasteiger partial charge in [-0.25, -0.2) is 0 Å². The second kappa shape index (κ2) is 6.83. The lowest BCUT2D eigenvalue weighted by Gasteiger charge is -2.13. The van der Waals surface area contributed by atoms with Crippen molar-refractivity contribution in [1.82, 2.24) is 5.32 Å².